The van der Waals surface area contributed by atoms with Crippen molar-refractivity contribution in [1.29, 1.82) is 0 Å². The second-order valence-corrected chi connectivity index (χ2v) is 7.99. The molecule has 2 aromatic carbocycles. The molecule has 0 aromatic heterocycles. The van der Waals surface area contributed by atoms with E-state index in [9.17, 15) is 9.90 Å². The van der Waals surface area contributed by atoms with Gasteiger partial charge in [-0.1, -0.05) is 47.6 Å². The fraction of sp³-hybridized carbons (Fsp3) is 0.417. The van der Waals surface area contributed by atoms with E-state index in [1.807, 2.05) is 49.4 Å². The van der Waals surface area contributed by atoms with Gasteiger partial charge in [0.05, 0.1) is 12.3 Å². The number of aryl methyl sites for hydroxylation is 1. The maximum Gasteiger partial charge on any atom is 0.253 e. The van der Waals surface area contributed by atoms with Gasteiger partial charge in [-0.15, -0.1) is 0 Å². The third-order valence-electron chi connectivity index (χ3n) is 5.66. The summed E-state index contributed by atoms with van der Waals surface area (Å²) in [7, 11) is 0. The van der Waals surface area contributed by atoms with E-state index in [4.69, 9.17) is 10.6 Å². The van der Waals surface area contributed by atoms with Crippen molar-refractivity contribution in [2.45, 2.75) is 38.1 Å². The number of hydrogen-bond acceptors (Lipinski definition) is 5. The van der Waals surface area contributed by atoms with Gasteiger partial charge in [0.2, 0.25) is 0 Å². The summed E-state index contributed by atoms with van der Waals surface area (Å²) in [6.07, 6.45) is 3.10. The van der Waals surface area contributed by atoms with Crippen LogP contribution in [0.25, 0.3) is 0 Å². The van der Waals surface area contributed by atoms with E-state index >= 15 is 0 Å². The predicted octanol–water partition coefficient (Wildman–Crippen LogP) is 2.99. The lowest BCUT2D eigenvalue weighted by Crippen LogP contribution is -2.53. The van der Waals surface area contributed by atoms with Crippen molar-refractivity contribution in [3.05, 3.63) is 71.3 Å². The number of amides is 1. The minimum absolute atomic E-state index is 0.00621. The highest BCUT2D eigenvalue weighted by Gasteiger charge is 2.32. The van der Waals surface area contributed by atoms with Crippen LogP contribution in [0, 0.1) is 0 Å². The van der Waals surface area contributed by atoms with Crippen molar-refractivity contribution >= 4 is 11.6 Å². The lowest BCUT2D eigenvalue weighted by molar-refractivity contribution is 0.0607. The summed E-state index contributed by atoms with van der Waals surface area (Å²) in [6.45, 7) is 3.54. The molecule has 1 amide bonds. The molecule has 2 aromatic rings. The maximum atomic E-state index is 12.7. The van der Waals surface area contributed by atoms with Crippen molar-refractivity contribution in [3.8, 4) is 0 Å². The topological polar surface area (TPSA) is 88.2 Å². The molecule has 6 heteroatoms. The van der Waals surface area contributed by atoms with E-state index in [1.165, 1.54) is 5.56 Å². The molecule has 1 aliphatic rings. The number of rotatable bonds is 8. The Labute approximate surface area is 178 Å². The summed E-state index contributed by atoms with van der Waals surface area (Å²) in [5.74, 6) is -0.00621. The summed E-state index contributed by atoms with van der Waals surface area (Å²) in [4.78, 5) is 20.0. The number of oxime groups is 1. The maximum absolute atomic E-state index is 12.7. The second-order valence-electron chi connectivity index (χ2n) is 7.99. The third kappa shape index (κ3) is 5.90. The SMILES string of the molecule is C/C(=N\OCCCc1ccccc1)c1ccc(C(=O)N2CCC(N)(CO)CC2)cc1. The molecule has 3 rings (SSSR count). The average molecular weight is 410 g/mol. The van der Waals surface area contributed by atoms with Gasteiger partial charge in [-0.25, -0.2) is 0 Å². The number of nitrogens with zero attached hydrogens (tertiary/aromatic N) is 2. The molecule has 0 radical (unpaired) electrons. The lowest BCUT2D eigenvalue weighted by Gasteiger charge is -2.38. The van der Waals surface area contributed by atoms with Gasteiger partial charge in [-0.05, 0) is 55.9 Å². The number of piperidine rings is 1. The first kappa shape index (κ1) is 22.0. The van der Waals surface area contributed by atoms with Gasteiger partial charge in [0.25, 0.3) is 5.91 Å². The van der Waals surface area contributed by atoms with Crippen LogP contribution in [0.4, 0.5) is 0 Å². The van der Waals surface area contributed by atoms with Crippen LogP contribution in [-0.4, -0.2) is 53.5 Å². The fourth-order valence-corrected chi connectivity index (χ4v) is 3.53. The van der Waals surface area contributed by atoms with Gasteiger partial charge in [0.1, 0.15) is 6.61 Å². The standard InChI is InChI=1S/C24H31N3O3/c1-19(26-30-17-5-8-20-6-3-2-4-7-20)21-9-11-22(12-10-21)23(29)27-15-13-24(25,18-28)14-16-27/h2-4,6-7,9-12,28H,5,8,13-18,25H2,1H3/b26-19+. The Bertz CT molecular complexity index is 842. The molecule has 0 atom stereocenters. The Morgan fingerprint density at radius 2 is 1.73 bits per heavy atom. The zero-order chi connectivity index (χ0) is 21.4. The van der Waals surface area contributed by atoms with E-state index in [0.717, 1.165) is 24.1 Å². The van der Waals surface area contributed by atoms with Crippen LogP contribution in [0.15, 0.2) is 59.8 Å². The Morgan fingerprint density at radius 1 is 1.10 bits per heavy atom. The Morgan fingerprint density at radius 3 is 2.37 bits per heavy atom. The molecular formula is C24H31N3O3. The quantitative estimate of drug-likeness (QED) is 0.399. The summed E-state index contributed by atoms with van der Waals surface area (Å²) >= 11 is 0. The van der Waals surface area contributed by atoms with E-state index in [-0.39, 0.29) is 12.5 Å². The fourth-order valence-electron chi connectivity index (χ4n) is 3.53. The smallest absolute Gasteiger partial charge is 0.253 e. The van der Waals surface area contributed by atoms with Crippen molar-refractivity contribution in [3.63, 3.8) is 0 Å². The summed E-state index contributed by atoms with van der Waals surface area (Å²) in [6, 6.07) is 17.7. The zero-order valence-electron chi connectivity index (χ0n) is 17.6. The first-order chi connectivity index (χ1) is 14.5. The highest BCUT2D eigenvalue weighted by atomic mass is 16.6. The molecule has 1 saturated heterocycles. The van der Waals surface area contributed by atoms with Crippen LogP contribution in [0.3, 0.4) is 0 Å². The largest absolute Gasteiger partial charge is 0.396 e. The van der Waals surface area contributed by atoms with Crippen LogP contribution >= 0.6 is 0 Å². The molecule has 0 spiro atoms. The van der Waals surface area contributed by atoms with Gasteiger partial charge >= 0.3 is 0 Å². The van der Waals surface area contributed by atoms with Crippen molar-refractivity contribution in [2.24, 2.45) is 10.9 Å². The number of carbonyl (C=O) groups is 1. The van der Waals surface area contributed by atoms with Gasteiger partial charge in [0, 0.05) is 24.2 Å². The van der Waals surface area contributed by atoms with Crippen molar-refractivity contribution in [2.75, 3.05) is 26.3 Å². The molecule has 0 saturated carbocycles. The minimum atomic E-state index is -0.560. The van der Waals surface area contributed by atoms with Gasteiger partial charge < -0.3 is 20.6 Å². The van der Waals surface area contributed by atoms with E-state index < -0.39 is 5.54 Å². The van der Waals surface area contributed by atoms with Crippen LogP contribution in [0.1, 0.15) is 47.7 Å². The first-order valence-electron chi connectivity index (χ1n) is 10.5. The van der Waals surface area contributed by atoms with Crippen LogP contribution in [-0.2, 0) is 11.3 Å². The molecule has 0 bridgehead atoms. The molecular weight excluding hydrogens is 378 g/mol. The number of nitrogens with two attached hydrogens (primary N) is 1. The van der Waals surface area contributed by atoms with Crippen LogP contribution in [0.5, 0.6) is 0 Å². The third-order valence-corrected chi connectivity index (χ3v) is 5.66. The van der Waals surface area contributed by atoms with Crippen molar-refractivity contribution < 1.29 is 14.7 Å². The molecule has 1 fully saturated rings. The van der Waals surface area contributed by atoms with E-state index in [0.29, 0.717) is 38.1 Å². The van der Waals surface area contributed by atoms with Crippen molar-refractivity contribution in [1.82, 2.24) is 4.90 Å². The van der Waals surface area contributed by atoms with Crippen LogP contribution in [0.2, 0.25) is 0 Å². The Balaban J connectivity index is 1.47. The number of benzene rings is 2. The summed E-state index contributed by atoms with van der Waals surface area (Å²) in [5, 5.41) is 13.6. The molecule has 1 heterocycles. The summed E-state index contributed by atoms with van der Waals surface area (Å²) < 4.78 is 0. The number of carbonyl (C=O) groups excluding carboxylic acids is 1. The molecule has 160 valence electrons. The molecule has 0 aliphatic carbocycles. The first-order valence-corrected chi connectivity index (χ1v) is 10.5. The van der Waals surface area contributed by atoms with E-state index in [2.05, 4.69) is 17.3 Å². The molecule has 0 unspecified atom stereocenters. The van der Waals surface area contributed by atoms with Gasteiger partial charge in [-0.3, -0.25) is 4.79 Å². The molecule has 30 heavy (non-hydrogen) atoms. The Kier molecular flexibility index (Phi) is 7.60. The zero-order valence-corrected chi connectivity index (χ0v) is 17.6. The Hall–Kier alpha value is -2.70. The predicted molar refractivity (Wildman–Crippen MR) is 119 cm³/mol. The number of likely N-dealkylation sites (tertiary alicyclic amines) is 1. The van der Waals surface area contributed by atoms with Gasteiger partial charge in [-0.2, -0.15) is 0 Å². The molecule has 3 N–H and O–H groups in total. The summed E-state index contributed by atoms with van der Waals surface area (Å²) in [5.41, 5.74) is 9.17. The monoisotopic (exact) mass is 409 g/mol. The number of aliphatic hydroxyl groups excluding tert-OH is 1. The normalized spacial score (nSPS) is 16.4. The van der Waals surface area contributed by atoms with Gasteiger partial charge in [0.15, 0.2) is 0 Å². The number of hydrogen-bond donors (Lipinski definition) is 2. The van der Waals surface area contributed by atoms with E-state index in [1.54, 1.807) is 4.90 Å². The lowest BCUT2D eigenvalue weighted by atomic mass is 9.89. The highest BCUT2D eigenvalue weighted by Crippen LogP contribution is 2.21. The number of aliphatic hydroxyl groups is 1. The second kappa shape index (κ2) is 10.4. The molecule has 1 aliphatic heterocycles. The highest BCUT2D eigenvalue weighted by molar-refractivity contribution is 6.00. The average Bonchev–Trinajstić information content (AvgIpc) is 2.79. The van der Waals surface area contributed by atoms with Crippen LogP contribution < -0.4 is 5.73 Å². The minimum Gasteiger partial charge on any atom is -0.396 e. The molecule has 6 nitrogen and oxygen atoms in total.